The molecule has 90 valence electrons. The molecular formula is C14H10ClNO2. The summed E-state index contributed by atoms with van der Waals surface area (Å²) in [5.74, 6) is -0.485. The number of hydrogen-bond acceptors (Lipinski definition) is 3. The Morgan fingerprint density at radius 3 is 2.39 bits per heavy atom. The Bertz CT molecular complexity index is 550. The Morgan fingerprint density at radius 1 is 1.06 bits per heavy atom. The van der Waals surface area contributed by atoms with Crippen LogP contribution in [0.3, 0.4) is 0 Å². The third-order valence-electron chi connectivity index (χ3n) is 2.22. The van der Waals surface area contributed by atoms with Gasteiger partial charge in [-0.2, -0.15) is 0 Å². The topological polar surface area (TPSA) is 38.7 Å². The van der Waals surface area contributed by atoms with Crippen LogP contribution in [0, 0.1) is 0 Å². The van der Waals surface area contributed by atoms with Crippen molar-refractivity contribution in [2.24, 2.45) is 5.16 Å². The van der Waals surface area contributed by atoms with E-state index >= 15 is 0 Å². The summed E-state index contributed by atoms with van der Waals surface area (Å²) < 4.78 is 0. The number of carbonyl (C=O) groups is 1. The summed E-state index contributed by atoms with van der Waals surface area (Å²) in [5, 5.41) is 4.28. The molecule has 4 heteroatoms. The third kappa shape index (κ3) is 3.43. The van der Waals surface area contributed by atoms with Crippen molar-refractivity contribution in [3.8, 4) is 0 Å². The van der Waals surface area contributed by atoms with Crippen LogP contribution in [0.15, 0.2) is 59.8 Å². The highest BCUT2D eigenvalue weighted by Gasteiger charge is 2.04. The number of rotatable bonds is 3. The first kappa shape index (κ1) is 12.3. The number of oxime groups is 1. The van der Waals surface area contributed by atoms with Crippen LogP contribution < -0.4 is 0 Å². The van der Waals surface area contributed by atoms with Crippen LogP contribution in [-0.2, 0) is 4.84 Å². The van der Waals surface area contributed by atoms with Crippen molar-refractivity contribution in [3.05, 3.63) is 70.7 Å². The van der Waals surface area contributed by atoms with Gasteiger partial charge in [0.2, 0.25) is 0 Å². The van der Waals surface area contributed by atoms with E-state index in [1.165, 1.54) is 6.21 Å². The fourth-order valence-corrected chi connectivity index (χ4v) is 1.44. The van der Waals surface area contributed by atoms with Gasteiger partial charge in [0.05, 0.1) is 11.8 Å². The van der Waals surface area contributed by atoms with Crippen LogP contribution in [-0.4, -0.2) is 12.2 Å². The normalized spacial score (nSPS) is 10.5. The summed E-state index contributed by atoms with van der Waals surface area (Å²) in [6.45, 7) is 0. The van der Waals surface area contributed by atoms with Gasteiger partial charge in [-0.3, -0.25) is 0 Å². The molecule has 18 heavy (non-hydrogen) atoms. The number of nitrogens with zero attached hydrogens (tertiary/aromatic N) is 1. The van der Waals surface area contributed by atoms with Gasteiger partial charge < -0.3 is 4.84 Å². The Kier molecular flexibility index (Phi) is 4.10. The van der Waals surface area contributed by atoms with Gasteiger partial charge in [0, 0.05) is 5.02 Å². The molecule has 0 atom stereocenters. The molecule has 0 aliphatic heterocycles. The van der Waals surface area contributed by atoms with Crippen LogP contribution >= 0.6 is 11.6 Å². The molecule has 0 aliphatic carbocycles. The minimum absolute atomic E-state index is 0.464. The molecule has 3 nitrogen and oxygen atoms in total. The molecule has 2 rings (SSSR count). The first-order valence-corrected chi connectivity index (χ1v) is 5.69. The molecule has 2 aromatic carbocycles. The molecule has 0 aromatic heterocycles. The molecular weight excluding hydrogens is 250 g/mol. The van der Waals surface area contributed by atoms with E-state index in [-0.39, 0.29) is 0 Å². The maximum atomic E-state index is 11.5. The molecule has 0 bridgehead atoms. The lowest BCUT2D eigenvalue weighted by Crippen LogP contribution is -2.00. The minimum atomic E-state index is -0.485. The molecule has 0 unspecified atom stereocenters. The highest BCUT2D eigenvalue weighted by Crippen LogP contribution is 2.08. The van der Waals surface area contributed by atoms with Crippen molar-refractivity contribution in [1.82, 2.24) is 0 Å². The maximum absolute atomic E-state index is 11.5. The molecule has 0 aliphatic rings. The van der Waals surface area contributed by atoms with Crippen LogP contribution in [0.1, 0.15) is 15.9 Å². The van der Waals surface area contributed by atoms with Crippen molar-refractivity contribution >= 4 is 23.8 Å². The third-order valence-corrected chi connectivity index (χ3v) is 2.47. The van der Waals surface area contributed by atoms with E-state index in [1.807, 2.05) is 6.07 Å². The highest BCUT2D eigenvalue weighted by atomic mass is 35.5. The fraction of sp³-hybridized carbons (Fsp3) is 0. The summed E-state index contributed by atoms with van der Waals surface area (Å²) in [4.78, 5) is 16.3. The molecule has 0 saturated carbocycles. The standard InChI is InChI=1S/C14H10ClNO2/c15-13-8-6-11(7-9-13)10-16-18-14(17)12-4-2-1-3-5-12/h1-10H/b16-10-. The van der Waals surface area contributed by atoms with Gasteiger partial charge in [0.15, 0.2) is 0 Å². The van der Waals surface area contributed by atoms with Gasteiger partial charge in [0.1, 0.15) is 0 Å². The zero-order chi connectivity index (χ0) is 12.8. The lowest BCUT2D eigenvalue weighted by molar-refractivity contribution is 0.0519. The Hall–Kier alpha value is -2.13. The highest BCUT2D eigenvalue weighted by molar-refractivity contribution is 6.30. The predicted molar refractivity (Wildman–Crippen MR) is 70.9 cm³/mol. The molecule has 0 amide bonds. The molecule has 2 aromatic rings. The van der Waals surface area contributed by atoms with Gasteiger partial charge >= 0.3 is 5.97 Å². The second-order valence-electron chi connectivity index (χ2n) is 3.53. The lowest BCUT2D eigenvalue weighted by Gasteiger charge is -1.97. The summed E-state index contributed by atoms with van der Waals surface area (Å²) in [7, 11) is 0. The summed E-state index contributed by atoms with van der Waals surface area (Å²) in [6.07, 6.45) is 1.46. The van der Waals surface area contributed by atoms with Gasteiger partial charge in [0.25, 0.3) is 0 Å². The largest absolute Gasteiger partial charge is 0.365 e. The average Bonchev–Trinajstić information content (AvgIpc) is 2.42. The Labute approximate surface area is 110 Å². The molecule has 0 N–H and O–H groups in total. The summed E-state index contributed by atoms with van der Waals surface area (Å²) >= 11 is 5.75. The van der Waals surface area contributed by atoms with Gasteiger partial charge in [-0.1, -0.05) is 47.1 Å². The fourth-order valence-electron chi connectivity index (χ4n) is 1.31. The van der Waals surface area contributed by atoms with E-state index in [0.717, 1.165) is 5.56 Å². The van der Waals surface area contributed by atoms with Gasteiger partial charge in [-0.25, -0.2) is 4.79 Å². The van der Waals surface area contributed by atoms with Gasteiger partial charge in [-0.05, 0) is 29.8 Å². The van der Waals surface area contributed by atoms with Crippen LogP contribution in [0.25, 0.3) is 0 Å². The maximum Gasteiger partial charge on any atom is 0.365 e. The van der Waals surface area contributed by atoms with E-state index in [0.29, 0.717) is 10.6 Å². The van der Waals surface area contributed by atoms with Crippen molar-refractivity contribution in [2.75, 3.05) is 0 Å². The zero-order valence-electron chi connectivity index (χ0n) is 9.42. The van der Waals surface area contributed by atoms with Crippen LogP contribution in [0.2, 0.25) is 5.02 Å². The Morgan fingerprint density at radius 2 is 1.72 bits per heavy atom. The monoisotopic (exact) mass is 259 g/mol. The quantitative estimate of drug-likeness (QED) is 0.480. The van der Waals surface area contributed by atoms with Crippen LogP contribution in [0.5, 0.6) is 0 Å². The minimum Gasteiger partial charge on any atom is -0.313 e. The van der Waals surface area contributed by atoms with E-state index in [1.54, 1.807) is 48.5 Å². The van der Waals surface area contributed by atoms with E-state index < -0.39 is 5.97 Å². The second-order valence-corrected chi connectivity index (χ2v) is 3.97. The van der Waals surface area contributed by atoms with Crippen LogP contribution in [0.4, 0.5) is 0 Å². The second kappa shape index (κ2) is 5.98. The molecule has 0 saturated heterocycles. The van der Waals surface area contributed by atoms with Crippen molar-refractivity contribution < 1.29 is 9.63 Å². The SMILES string of the molecule is O=C(O/N=C\c1ccc(Cl)cc1)c1ccccc1. The average molecular weight is 260 g/mol. The first-order chi connectivity index (χ1) is 8.75. The number of carbonyl (C=O) groups excluding carboxylic acids is 1. The molecule has 0 heterocycles. The predicted octanol–water partition coefficient (Wildman–Crippen LogP) is 3.53. The molecule has 0 radical (unpaired) electrons. The summed E-state index contributed by atoms with van der Waals surface area (Å²) in [5.41, 5.74) is 1.27. The lowest BCUT2D eigenvalue weighted by atomic mass is 10.2. The number of benzene rings is 2. The van der Waals surface area contributed by atoms with E-state index in [4.69, 9.17) is 16.4 Å². The zero-order valence-corrected chi connectivity index (χ0v) is 10.2. The van der Waals surface area contributed by atoms with E-state index in [9.17, 15) is 4.79 Å². The number of halogens is 1. The molecule has 0 fully saturated rings. The van der Waals surface area contributed by atoms with Crippen molar-refractivity contribution in [1.29, 1.82) is 0 Å². The van der Waals surface area contributed by atoms with Gasteiger partial charge in [-0.15, -0.1) is 0 Å². The number of hydrogen-bond donors (Lipinski definition) is 0. The summed E-state index contributed by atoms with van der Waals surface area (Å²) in [6, 6.07) is 15.7. The van der Waals surface area contributed by atoms with E-state index in [2.05, 4.69) is 5.16 Å². The van der Waals surface area contributed by atoms with Crippen molar-refractivity contribution in [3.63, 3.8) is 0 Å². The first-order valence-electron chi connectivity index (χ1n) is 5.31. The van der Waals surface area contributed by atoms with Crippen molar-refractivity contribution in [2.45, 2.75) is 0 Å². The smallest absolute Gasteiger partial charge is 0.313 e. The molecule has 0 spiro atoms. The Balaban J connectivity index is 1.96.